The van der Waals surface area contributed by atoms with Crippen molar-refractivity contribution < 1.29 is 14.7 Å². The smallest absolute Gasteiger partial charge is 0.356 e. The maximum atomic E-state index is 12.4. The molecule has 0 radical (unpaired) electrons. The highest BCUT2D eigenvalue weighted by atomic mass is 16.4. The first-order valence-electron chi connectivity index (χ1n) is 7.26. The lowest BCUT2D eigenvalue weighted by molar-refractivity contribution is 0.0684. The summed E-state index contributed by atoms with van der Waals surface area (Å²) in [6.07, 6.45) is 3.01. The minimum Gasteiger partial charge on any atom is -0.476 e. The molecule has 1 aromatic carbocycles. The maximum Gasteiger partial charge on any atom is 0.356 e. The van der Waals surface area contributed by atoms with Gasteiger partial charge in [-0.2, -0.15) is 0 Å². The minimum atomic E-state index is -1.17. The number of aryl methyl sites for hydroxylation is 1. The largest absolute Gasteiger partial charge is 0.476 e. The van der Waals surface area contributed by atoms with Crippen molar-refractivity contribution >= 4 is 11.9 Å². The molecule has 0 spiro atoms. The molecule has 2 aromatic rings. The zero-order chi connectivity index (χ0) is 17.0. The van der Waals surface area contributed by atoms with Crippen LogP contribution < -0.4 is 0 Å². The summed E-state index contributed by atoms with van der Waals surface area (Å²) in [6.45, 7) is 3.99. The van der Waals surface area contributed by atoms with Crippen LogP contribution in [-0.4, -0.2) is 44.9 Å². The van der Waals surface area contributed by atoms with Crippen molar-refractivity contribution in [1.82, 2.24) is 14.9 Å². The summed E-state index contributed by atoms with van der Waals surface area (Å²) in [5, 5.41) is 8.80. The fourth-order valence-corrected chi connectivity index (χ4v) is 2.13. The summed E-state index contributed by atoms with van der Waals surface area (Å²) in [7, 11) is 1.70. The predicted molar refractivity (Wildman–Crippen MR) is 85.4 cm³/mol. The summed E-state index contributed by atoms with van der Waals surface area (Å²) in [5.41, 5.74) is 2.29. The van der Waals surface area contributed by atoms with Gasteiger partial charge in [0.25, 0.3) is 5.91 Å². The van der Waals surface area contributed by atoms with Gasteiger partial charge in [0.05, 0.1) is 12.4 Å². The Kier molecular flexibility index (Phi) is 5.05. The van der Waals surface area contributed by atoms with E-state index < -0.39 is 5.97 Å². The summed E-state index contributed by atoms with van der Waals surface area (Å²) in [4.78, 5) is 32.3. The van der Waals surface area contributed by atoms with Crippen LogP contribution in [0.1, 0.15) is 39.0 Å². The summed E-state index contributed by atoms with van der Waals surface area (Å²) in [6, 6.07) is 8.16. The van der Waals surface area contributed by atoms with E-state index in [1.807, 2.05) is 38.1 Å². The number of benzene rings is 1. The van der Waals surface area contributed by atoms with Crippen molar-refractivity contribution in [3.05, 3.63) is 59.2 Å². The van der Waals surface area contributed by atoms with Crippen LogP contribution in [0.25, 0.3) is 0 Å². The molecular formula is C17H19N3O3. The Hall–Kier alpha value is -2.76. The predicted octanol–water partition coefficient (Wildman–Crippen LogP) is 2.19. The van der Waals surface area contributed by atoms with Crippen LogP contribution in [0.4, 0.5) is 0 Å². The van der Waals surface area contributed by atoms with Crippen molar-refractivity contribution in [2.75, 3.05) is 7.05 Å². The Balaban J connectivity index is 2.05. The number of rotatable bonds is 5. The van der Waals surface area contributed by atoms with E-state index in [1.54, 1.807) is 11.9 Å². The number of carboxylic acids is 1. The highest BCUT2D eigenvalue weighted by Gasteiger charge is 2.20. The molecule has 2 rings (SSSR count). The van der Waals surface area contributed by atoms with Crippen molar-refractivity contribution in [3.63, 3.8) is 0 Å². The number of carbonyl (C=O) groups is 2. The quantitative estimate of drug-likeness (QED) is 0.914. The van der Waals surface area contributed by atoms with Gasteiger partial charge in [-0.05, 0) is 25.8 Å². The average Bonchev–Trinajstić information content (AvgIpc) is 2.55. The van der Waals surface area contributed by atoms with Gasteiger partial charge in [0.1, 0.15) is 5.69 Å². The fourth-order valence-electron chi connectivity index (χ4n) is 2.13. The standard InChI is InChI=1S/C17H19N3O3/c1-11-4-6-13(7-5-11)8-12(2)20(3)16(21)14-9-19-15(10-18-14)17(22)23/h4-7,9-10,12H,8H2,1-3H3,(H,22,23). The molecule has 1 N–H and O–H groups in total. The Morgan fingerprint density at radius 2 is 1.70 bits per heavy atom. The number of aromatic carboxylic acids is 1. The lowest BCUT2D eigenvalue weighted by Gasteiger charge is -2.24. The molecule has 0 saturated heterocycles. The van der Waals surface area contributed by atoms with Gasteiger partial charge in [-0.3, -0.25) is 4.79 Å². The molecule has 0 aliphatic carbocycles. The zero-order valence-electron chi connectivity index (χ0n) is 13.4. The lowest BCUT2D eigenvalue weighted by Crippen LogP contribution is -2.37. The lowest BCUT2D eigenvalue weighted by atomic mass is 10.0. The molecule has 0 aliphatic rings. The van der Waals surface area contributed by atoms with Gasteiger partial charge < -0.3 is 10.0 Å². The van der Waals surface area contributed by atoms with Gasteiger partial charge in [0.15, 0.2) is 5.69 Å². The molecule has 1 atom stereocenters. The molecule has 6 heteroatoms. The van der Waals surface area contributed by atoms with Crippen LogP contribution >= 0.6 is 0 Å². The van der Waals surface area contributed by atoms with Gasteiger partial charge in [-0.25, -0.2) is 14.8 Å². The van der Waals surface area contributed by atoms with E-state index in [4.69, 9.17) is 5.11 Å². The topological polar surface area (TPSA) is 83.4 Å². The molecule has 1 heterocycles. The van der Waals surface area contributed by atoms with E-state index in [-0.39, 0.29) is 23.3 Å². The molecule has 1 unspecified atom stereocenters. The number of hydrogen-bond acceptors (Lipinski definition) is 4. The summed E-state index contributed by atoms with van der Waals surface area (Å²) >= 11 is 0. The van der Waals surface area contributed by atoms with E-state index in [9.17, 15) is 9.59 Å². The third-order valence-corrected chi connectivity index (χ3v) is 3.72. The van der Waals surface area contributed by atoms with Crippen LogP contribution in [-0.2, 0) is 6.42 Å². The zero-order valence-corrected chi connectivity index (χ0v) is 13.4. The van der Waals surface area contributed by atoms with Gasteiger partial charge in [0, 0.05) is 13.1 Å². The number of carboxylic acid groups (broad SMARTS) is 1. The number of nitrogens with zero attached hydrogens (tertiary/aromatic N) is 3. The van der Waals surface area contributed by atoms with Crippen LogP contribution in [0, 0.1) is 6.92 Å². The maximum absolute atomic E-state index is 12.4. The van der Waals surface area contributed by atoms with Crippen molar-refractivity contribution in [3.8, 4) is 0 Å². The molecule has 120 valence electrons. The first-order chi connectivity index (χ1) is 10.9. The van der Waals surface area contributed by atoms with Gasteiger partial charge >= 0.3 is 5.97 Å². The number of likely N-dealkylation sites (N-methyl/N-ethyl adjacent to an activating group) is 1. The number of hydrogen-bond donors (Lipinski definition) is 1. The van der Waals surface area contributed by atoms with E-state index in [0.29, 0.717) is 0 Å². The molecule has 0 fully saturated rings. The highest BCUT2D eigenvalue weighted by molar-refractivity contribution is 5.92. The number of carbonyl (C=O) groups excluding carboxylic acids is 1. The summed E-state index contributed by atoms with van der Waals surface area (Å²) in [5.74, 6) is -1.45. The SMILES string of the molecule is Cc1ccc(CC(C)N(C)C(=O)c2cnc(C(=O)O)cn2)cc1. The second kappa shape index (κ2) is 7.00. The number of amides is 1. The van der Waals surface area contributed by atoms with E-state index in [0.717, 1.165) is 18.2 Å². The molecule has 0 bridgehead atoms. The normalized spacial score (nSPS) is 11.8. The molecule has 23 heavy (non-hydrogen) atoms. The Morgan fingerprint density at radius 1 is 1.13 bits per heavy atom. The second-order valence-corrected chi connectivity index (χ2v) is 5.55. The Morgan fingerprint density at radius 3 is 2.22 bits per heavy atom. The van der Waals surface area contributed by atoms with Crippen molar-refractivity contribution in [1.29, 1.82) is 0 Å². The van der Waals surface area contributed by atoms with Crippen molar-refractivity contribution in [2.24, 2.45) is 0 Å². The molecular weight excluding hydrogens is 294 g/mol. The first-order valence-corrected chi connectivity index (χ1v) is 7.26. The van der Waals surface area contributed by atoms with Crippen LogP contribution in [0.15, 0.2) is 36.7 Å². The van der Waals surface area contributed by atoms with Gasteiger partial charge in [-0.1, -0.05) is 29.8 Å². The van der Waals surface area contributed by atoms with E-state index in [1.165, 1.54) is 11.8 Å². The minimum absolute atomic E-state index is 0.0221. The van der Waals surface area contributed by atoms with Gasteiger partial charge in [-0.15, -0.1) is 0 Å². The average molecular weight is 313 g/mol. The highest BCUT2D eigenvalue weighted by Crippen LogP contribution is 2.11. The van der Waals surface area contributed by atoms with E-state index >= 15 is 0 Å². The third kappa shape index (κ3) is 4.12. The van der Waals surface area contributed by atoms with Crippen LogP contribution in [0.3, 0.4) is 0 Å². The Labute approximate surface area is 134 Å². The van der Waals surface area contributed by atoms with Crippen molar-refractivity contribution in [2.45, 2.75) is 26.3 Å². The Bertz CT molecular complexity index is 696. The van der Waals surface area contributed by atoms with Gasteiger partial charge in [0.2, 0.25) is 0 Å². The number of aromatic nitrogens is 2. The van der Waals surface area contributed by atoms with Crippen LogP contribution in [0.5, 0.6) is 0 Å². The fraction of sp³-hybridized carbons (Fsp3) is 0.294. The molecule has 1 amide bonds. The first kappa shape index (κ1) is 16.6. The monoisotopic (exact) mass is 313 g/mol. The van der Waals surface area contributed by atoms with Crippen LogP contribution in [0.2, 0.25) is 0 Å². The molecule has 6 nitrogen and oxygen atoms in total. The second-order valence-electron chi connectivity index (χ2n) is 5.55. The summed E-state index contributed by atoms with van der Waals surface area (Å²) < 4.78 is 0. The molecule has 1 aromatic heterocycles. The molecule has 0 aliphatic heterocycles. The van der Waals surface area contributed by atoms with E-state index in [2.05, 4.69) is 9.97 Å². The molecule has 0 saturated carbocycles. The third-order valence-electron chi connectivity index (χ3n) is 3.72.